The van der Waals surface area contributed by atoms with Gasteiger partial charge in [0.2, 0.25) is 0 Å². The maximum atomic E-state index is 5.57. The molecule has 0 aromatic heterocycles. The van der Waals surface area contributed by atoms with E-state index < -0.39 is 0 Å². The molecule has 18 heavy (non-hydrogen) atoms. The van der Waals surface area contributed by atoms with Crippen LogP contribution in [0.1, 0.15) is 12.5 Å². The van der Waals surface area contributed by atoms with Crippen molar-refractivity contribution in [2.45, 2.75) is 13.5 Å². The Bertz CT molecular complexity index is 371. The maximum absolute atomic E-state index is 5.57. The predicted molar refractivity (Wildman–Crippen MR) is 75.4 cm³/mol. The molecule has 1 aromatic carbocycles. The van der Waals surface area contributed by atoms with Crippen molar-refractivity contribution in [1.29, 1.82) is 0 Å². The molecule has 5 heteroatoms. The molecule has 0 saturated carbocycles. The van der Waals surface area contributed by atoms with E-state index in [1.807, 2.05) is 19.1 Å². The molecule has 0 spiro atoms. The normalized spacial score (nSPS) is 10.4. The molecule has 1 rings (SSSR count). The summed E-state index contributed by atoms with van der Waals surface area (Å²) >= 11 is 3.49. The molecular formula is C13H20BrNO3. The molecule has 0 fully saturated rings. The van der Waals surface area contributed by atoms with Gasteiger partial charge in [-0.3, -0.25) is 0 Å². The smallest absolute Gasteiger partial charge is 0.174 e. The van der Waals surface area contributed by atoms with Gasteiger partial charge in [0.25, 0.3) is 0 Å². The lowest BCUT2D eigenvalue weighted by Gasteiger charge is -2.13. The summed E-state index contributed by atoms with van der Waals surface area (Å²) in [6.45, 7) is 4.87. The van der Waals surface area contributed by atoms with Crippen molar-refractivity contribution in [2.75, 3.05) is 34.0 Å². The number of methoxy groups -OCH3 is 2. The fourth-order valence-corrected chi connectivity index (χ4v) is 2.24. The molecule has 0 aliphatic heterocycles. The molecule has 1 N–H and O–H groups in total. The summed E-state index contributed by atoms with van der Waals surface area (Å²) in [5, 5.41) is 3.29. The van der Waals surface area contributed by atoms with E-state index in [-0.39, 0.29) is 0 Å². The fourth-order valence-electron chi connectivity index (χ4n) is 1.59. The van der Waals surface area contributed by atoms with Crippen LogP contribution in [0.4, 0.5) is 0 Å². The van der Waals surface area contributed by atoms with Crippen molar-refractivity contribution in [2.24, 2.45) is 0 Å². The largest absolute Gasteiger partial charge is 0.492 e. The van der Waals surface area contributed by atoms with Crippen molar-refractivity contribution in [3.63, 3.8) is 0 Å². The van der Waals surface area contributed by atoms with E-state index in [2.05, 4.69) is 21.2 Å². The zero-order valence-electron chi connectivity index (χ0n) is 11.1. The van der Waals surface area contributed by atoms with E-state index in [9.17, 15) is 0 Å². The Hall–Kier alpha value is -0.780. The number of hydrogen-bond acceptors (Lipinski definition) is 4. The van der Waals surface area contributed by atoms with Crippen molar-refractivity contribution < 1.29 is 14.2 Å². The molecule has 0 atom stereocenters. The molecule has 0 radical (unpaired) electrons. The summed E-state index contributed by atoms with van der Waals surface area (Å²) in [7, 11) is 3.33. The highest BCUT2D eigenvalue weighted by molar-refractivity contribution is 9.10. The van der Waals surface area contributed by atoms with Crippen LogP contribution in [0.25, 0.3) is 0 Å². The van der Waals surface area contributed by atoms with E-state index in [0.29, 0.717) is 13.2 Å². The number of benzene rings is 1. The zero-order chi connectivity index (χ0) is 13.4. The fraction of sp³-hybridized carbons (Fsp3) is 0.538. The average molecular weight is 318 g/mol. The first-order valence-electron chi connectivity index (χ1n) is 5.91. The molecule has 0 heterocycles. The second-order valence-electron chi connectivity index (χ2n) is 3.71. The Labute approximate surface area is 117 Å². The third kappa shape index (κ3) is 4.48. The van der Waals surface area contributed by atoms with E-state index in [1.54, 1.807) is 14.2 Å². The molecule has 4 nitrogen and oxygen atoms in total. The molecule has 102 valence electrons. The molecule has 1 aromatic rings. The SMILES string of the molecule is CCOc1cc(CNCCOC)cc(Br)c1OC. The minimum absolute atomic E-state index is 0.614. The minimum Gasteiger partial charge on any atom is -0.492 e. The van der Waals surface area contributed by atoms with E-state index in [0.717, 1.165) is 34.6 Å². The van der Waals surface area contributed by atoms with Crippen LogP contribution in [0.2, 0.25) is 0 Å². The number of hydrogen-bond donors (Lipinski definition) is 1. The maximum Gasteiger partial charge on any atom is 0.174 e. The highest BCUT2D eigenvalue weighted by atomic mass is 79.9. The van der Waals surface area contributed by atoms with Crippen LogP contribution in [0.3, 0.4) is 0 Å². The van der Waals surface area contributed by atoms with Crippen LogP contribution in [-0.4, -0.2) is 34.0 Å². The summed E-state index contributed by atoms with van der Waals surface area (Å²) in [4.78, 5) is 0. The van der Waals surface area contributed by atoms with Crippen molar-refractivity contribution in [1.82, 2.24) is 5.32 Å². The second-order valence-corrected chi connectivity index (χ2v) is 4.57. The molecular weight excluding hydrogens is 298 g/mol. The van der Waals surface area contributed by atoms with Crippen LogP contribution in [0.5, 0.6) is 11.5 Å². The summed E-state index contributed by atoms with van der Waals surface area (Å²) in [5.74, 6) is 1.50. The first-order chi connectivity index (χ1) is 8.72. The van der Waals surface area contributed by atoms with Gasteiger partial charge in [-0.25, -0.2) is 0 Å². The number of nitrogens with one attached hydrogen (secondary N) is 1. The molecule has 0 saturated heterocycles. The van der Waals surface area contributed by atoms with Crippen LogP contribution < -0.4 is 14.8 Å². The van der Waals surface area contributed by atoms with E-state index >= 15 is 0 Å². The van der Waals surface area contributed by atoms with Gasteiger partial charge in [0.05, 0.1) is 24.8 Å². The first kappa shape index (κ1) is 15.3. The van der Waals surface area contributed by atoms with Gasteiger partial charge in [-0.05, 0) is 40.5 Å². The molecule has 0 aliphatic rings. The lowest BCUT2D eigenvalue weighted by molar-refractivity contribution is 0.199. The Kier molecular flexibility index (Phi) is 7.08. The molecule has 0 amide bonds. The van der Waals surface area contributed by atoms with Crippen molar-refractivity contribution >= 4 is 15.9 Å². The number of halogens is 1. The van der Waals surface area contributed by atoms with Gasteiger partial charge in [-0.15, -0.1) is 0 Å². The third-order valence-electron chi connectivity index (χ3n) is 2.39. The summed E-state index contributed by atoms with van der Waals surface area (Å²) < 4.78 is 16.8. The topological polar surface area (TPSA) is 39.7 Å². The summed E-state index contributed by atoms with van der Waals surface area (Å²) in [6, 6.07) is 4.02. The predicted octanol–water partition coefficient (Wildman–Crippen LogP) is 2.59. The molecule has 0 bridgehead atoms. The van der Waals surface area contributed by atoms with Crippen LogP contribution in [0.15, 0.2) is 16.6 Å². The second kappa shape index (κ2) is 8.34. The zero-order valence-corrected chi connectivity index (χ0v) is 12.7. The minimum atomic E-state index is 0.614. The first-order valence-corrected chi connectivity index (χ1v) is 6.71. The highest BCUT2D eigenvalue weighted by Crippen LogP contribution is 2.36. The third-order valence-corrected chi connectivity index (χ3v) is 2.97. The van der Waals surface area contributed by atoms with Gasteiger partial charge in [0.1, 0.15) is 0 Å². The summed E-state index contributed by atoms with van der Waals surface area (Å²) in [5.41, 5.74) is 1.14. The Morgan fingerprint density at radius 3 is 2.67 bits per heavy atom. The summed E-state index contributed by atoms with van der Waals surface area (Å²) in [6.07, 6.45) is 0. The lowest BCUT2D eigenvalue weighted by Crippen LogP contribution is -2.18. The van der Waals surface area contributed by atoms with Crippen LogP contribution >= 0.6 is 15.9 Å². The van der Waals surface area contributed by atoms with Gasteiger partial charge in [-0.1, -0.05) is 0 Å². The Balaban J connectivity index is 2.74. The quantitative estimate of drug-likeness (QED) is 0.748. The molecule has 0 aliphatic carbocycles. The highest BCUT2D eigenvalue weighted by Gasteiger charge is 2.10. The van der Waals surface area contributed by atoms with Gasteiger partial charge in [0.15, 0.2) is 11.5 Å². The average Bonchev–Trinajstić information content (AvgIpc) is 2.35. The van der Waals surface area contributed by atoms with Gasteiger partial charge >= 0.3 is 0 Å². The van der Waals surface area contributed by atoms with Crippen LogP contribution in [-0.2, 0) is 11.3 Å². The van der Waals surface area contributed by atoms with Gasteiger partial charge in [-0.2, -0.15) is 0 Å². The Morgan fingerprint density at radius 2 is 2.06 bits per heavy atom. The van der Waals surface area contributed by atoms with E-state index in [4.69, 9.17) is 14.2 Å². The van der Waals surface area contributed by atoms with E-state index in [1.165, 1.54) is 0 Å². The van der Waals surface area contributed by atoms with Crippen molar-refractivity contribution in [3.8, 4) is 11.5 Å². The number of rotatable bonds is 8. The lowest BCUT2D eigenvalue weighted by atomic mass is 10.2. The Morgan fingerprint density at radius 1 is 1.28 bits per heavy atom. The number of ether oxygens (including phenoxy) is 3. The van der Waals surface area contributed by atoms with Gasteiger partial charge in [0, 0.05) is 20.2 Å². The standard InChI is InChI=1S/C13H20BrNO3/c1-4-18-12-8-10(9-15-5-6-16-2)7-11(14)13(12)17-3/h7-8,15H,4-6,9H2,1-3H3. The van der Waals surface area contributed by atoms with Gasteiger partial charge < -0.3 is 19.5 Å². The monoisotopic (exact) mass is 317 g/mol. The molecule has 0 unspecified atom stereocenters. The van der Waals surface area contributed by atoms with Crippen molar-refractivity contribution in [3.05, 3.63) is 22.2 Å². The van der Waals surface area contributed by atoms with Crippen LogP contribution in [0, 0.1) is 0 Å².